The SMILES string of the molecule is CC(C)c1cc(C(=O)NCC2CCCN(c3ncccn3)C2)n(C)n1. The van der Waals surface area contributed by atoms with Crippen LogP contribution in [0, 0.1) is 5.92 Å². The van der Waals surface area contributed by atoms with Crippen molar-refractivity contribution in [3.05, 3.63) is 35.9 Å². The van der Waals surface area contributed by atoms with Crippen LogP contribution in [0.15, 0.2) is 24.5 Å². The third-order valence-corrected chi connectivity index (χ3v) is 4.63. The lowest BCUT2D eigenvalue weighted by Crippen LogP contribution is -2.41. The second kappa shape index (κ2) is 7.63. The molecular formula is C18H26N6O. The van der Waals surface area contributed by atoms with Crippen LogP contribution in [0.3, 0.4) is 0 Å². The summed E-state index contributed by atoms with van der Waals surface area (Å²) in [6, 6.07) is 3.70. The van der Waals surface area contributed by atoms with Crippen LogP contribution < -0.4 is 10.2 Å². The molecule has 1 aliphatic rings. The second-order valence-electron chi connectivity index (χ2n) is 6.95. The molecule has 0 spiro atoms. The number of rotatable bonds is 5. The van der Waals surface area contributed by atoms with E-state index in [0.717, 1.165) is 37.6 Å². The normalized spacial score (nSPS) is 17.8. The van der Waals surface area contributed by atoms with Gasteiger partial charge in [-0.15, -0.1) is 0 Å². The summed E-state index contributed by atoms with van der Waals surface area (Å²) in [4.78, 5) is 23.3. The van der Waals surface area contributed by atoms with E-state index in [1.54, 1.807) is 17.1 Å². The average molecular weight is 342 g/mol. The number of hydrogen-bond acceptors (Lipinski definition) is 5. The minimum Gasteiger partial charge on any atom is -0.350 e. The highest BCUT2D eigenvalue weighted by Crippen LogP contribution is 2.19. The van der Waals surface area contributed by atoms with E-state index in [1.165, 1.54) is 0 Å². The zero-order valence-electron chi connectivity index (χ0n) is 15.1. The first-order valence-corrected chi connectivity index (χ1v) is 8.88. The average Bonchev–Trinajstić information content (AvgIpc) is 3.03. The van der Waals surface area contributed by atoms with E-state index < -0.39 is 0 Å². The minimum atomic E-state index is -0.0602. The number of aryl methyl sites for hydroxylation is 1. The molecule has 1 fully saturated rings. The number of aromatic nitrogens is 4. The van der Waals surface area contributed by atoms with Gasteiger partial charge in [0.15, 0.2) is 0 Å². The monoisotopic (exact) mass is 342 g/mol. The molecule has 1 N–H and O–H groups in total. The molecule has 3 rings (SSSR count). The van der Waals surface area contributed by atoms with E-state index in [0.29, 0.717) is 24.1 Å². The van der Waals surface area contributed by atoms with Gasteiger partial charge in [-0.2, -0.15) is 5.10 Å². The van der Waals surface area contributed by atoms with Gasteiger partial charge >= 0.3 is 0 Å². The van der Waals surface area contributed by atoms with E-state index in [1.807, 2.05) is 19.2 Å². The number of carbonyl (C=O) groups excluding carboxylic acids is 1. The first kappa shape index (κ1) is 17.4. The first-order chi connectivity index (χ1) is 12.0. The molecule has 1 atom stereocenters. The molecule has 0 radical (unpaired) electrons. The van der Waals surface area contributed by atoms with Crippen molar-refractivity contribution in [1.29, 1.82) is 0 Å². The first-order valence-electron chi connectivity index (χ1n) is 8.88. The third-order valence-electron chi connectivity index (χ3n) is 4.63. The van der Waals surface area contributed by atoms with Crippen molar-refractivity contribution in [1.82, 2.24) is 25.1 Å². The summed E-state index contributed by atoms with van der Waals surface area (Å²) >= 11 is 0. The summed E-state index contributed by atoms with van der Waals surface area (Å²) in [5, 5.41) is 7.48. The maximum atomic E-state index is 12.5. The smallest absolute Gasteiger partial charge is 0.269 e. The standard InChI is InChI=1S/C18H26N6O/c1-13(2)15-10-16(23(3)22-15)17(25)21-11-14-6-4-9-24(12-14)18-19-7-5-8-20-18/h5,7-8,10,13-14H,4,6,9,11-12H2,1-3H3,(H,21,25). The van der Waals surface area contributed by atoms with Crippen LogP contribution in [0.4, 0.5) is 5.95 Å². The fourth-order valence-electron chi connectivity index (χ4n) is 3.18. The predicted octanol–water partition coefficient (Wildman–Crippen LogP) is 1.98. The highest BCUT2D eigenvalue weighted by molar-refractivity contribution is 5.92. The van der Waals surface area contributed by atoms with Crippen molar-refractivity contribution in [2.75, 3.05) is 24.5 Å². The van der Waals surface area contributed by atoms with Gasteiger partial charge < -0.3 is 10.2 Å². The molecule has 0 saturated carbocycles. The van der Waals surface area contributed by atoms with Crippen LogP contribution in [0.2, 0.25) is 0 Å². The summed E-state index contributed by atoms with van der Waals surface area (Å²) < 4.78 is 1.66. The molecule has 1 aliphatic heterocycles. The Morgan fingerprint density at radius 3 is 2.80 bits per heavy atom. The lowest BCUT2D eigenvalue weighted by Gasteiger charge is -2.32. The van der Waals surface area contributed by atoms with Crippen molar-refractivity contribution in [3.8, 4) is 0 Å². The number of hydrogen-bond donors (Lipinski definition) is 1. The van der Waals surface area contributed by atoms with Gasteiger partial charge in [0.25, 0.3) is 5.91 Å². The fourth-order valence-corrected chi connectivity index (χ4v) is 3.18. The molecule has 1 unspecified atom stereocenters. The second-order valence-corrected chi connectivity index (χ2v) is 6.95. The molecule has 7 heteroatoms. The van der Waals surface area contributed by atoms with Gasteiger partial charge in [-0.1, -0.05) is 13.8 Å². The molecule has 0 aliphatic carbocycles. The Kier molecular flexibility index (Phi) is 5.31. The lowest BCUT2D eigenvalue weighted by atomic mass is 9.98. The van der Waals surface area contributed by atoms with Crippen LogP contribution in [-0.4, -0.2) is 45.3 Å². The zero-order valence-corrected chi connectivity index (χ0v) is 15.1. The topological polar surface area (TPSA) is 75.9 Å². The van der Waals surface area contributed by atoms with Crippen molar-refractivity contribution < 1.29 is 4.79 Å². The Labute approximate surface area is 148 Å². The summed E-state index contributed by atoms with van der Waals surface area (Å²) in [5.74, 6) is 1.42. The van der Waals surface area contributed by atoms with E-state index in [4.69, 9.17) is 0 Å². The molecule has 25 heavy (non-hydrogen) atoms. The zero-order chi connectivity index (χ0) is 17.8. The summed E-state index contributed by atoms with van der Waals surface area (Å²) in [6.45, 7) is 6.64. The minimum absolute atomic E-state index is 0.0602. The fraction of sp³-hybridized carbons (Fsp3) is 0.556. The van der Waals surface area contributed by atoms with E-state index in [2.05, 4.69) is 39.1 Å². The summed E-state index contributed by atoms with van der Waals surface area (Å²) in [6.07, 6.45) is 5.72. The summed E-state index contributed by atoms with van der Waals surface area (Å²) in [5.41, 5.74) is 1.56. The Morgan fingerprint density at radius 1 is 1.36 bits per heavy atom. The van der Waals surface area contributed by atoms with Crippen molar-refractivity contribution in [2.24, 2.45) is 13.0 Å². The molecule has 0 aromatic carbocycles. The third kappa shape index (κ3) is 4.15. The van der Waals surface area contributed by atoms with Gasteiger partial charge in [0.1, 0.15) is 5.69 Å². The van der Waals surface area contributed by atoms with Gasteiger partial charge in [-0.3, -0.25) is 9.48 Å². The largest absolute Gasteiger partial charge is 0.350 e. The quantitative estimate of drug-likeness (QED) is 0.899. The Bertz CT molecular complexity index is 712. The van der Waals surface area contributed by atoms with Gasteiger partial charge in [0, 0.05) is 39.1 Å². The Hall–Kier alpha value is -2.44. The van der Waals surface area contributed by atoms with Gasteiger partial charge in [0.2, 0.25) is 5.95 Å². The maximum Gasteiger partial charge on any atom is 0.269 e. The molecule has 1 amide bonds. The molecular weight excluding hydrogens is 316 g/mol. The number of anilines is 1. The molecule has 2 aromatic heterocycles. The number of nitrogens with zero attached hydrogens (tertiary/aromatic N) is 5. The number of nitrogens with one attached hydrogen (secondary N) is 1. The van der Waals surface area contributed by atoms with Gasteiger partial charge in [-0.25, -0.2) is 9.97 Å². The Morgan fingerprint density at radius 2 is 2.12 bits per heavy atom. The highest BCUT2D eigenvalue weighted by atomic mass is 16.2. The van der Waals surface area contributed by atoms with Crippen molar-refractivity contribution >= 4 is 11.9 Å². The predicted molar refractivity (Wildman–Crippen MR) is 96.6 cm³/mol. The Balaban J connectivity index is 1.57. The van der Waals surface area contributed by atoms with E-state index in [9.17, 15) is 4.79 Å². The molecule has 2 aromatic rings. The van der Waals surface area contributed by atoms with Crippen LogP contribution in [0.5, 0.6) is 0 Å². The van der Waals surface area contributed by atoms with Crippen LogP contribution in [-0.2, 0) is 7.05 Å². The molecule has 7 nitrogen and oxygen atoms in total. The van der Waals surface area contributed by atoms with Crippen LogP contribution >= 0.6 is 0 Å². The van der Waals surface area contributed by atoms with Crippen LogP contribution in [0.25, 0.3) is 0 Å². The highest BCUT2D eigenvalue weighted by Gasteiger charge is 2.23. The van der Waals surface area contributed by atoms with Crippen molar-refractivity contribution in [3.63, 3.8) is 0 Å². The van der Waals surface area contributed by atoms with Gasteiger partial charge in [0.05, 0.1) is 5.69 Å². The number of amides is 1. The van der Waals surface area contributed by atoms with E-state index >= 15 is 0 Å². The maximum absolute atomic E-state index is 12.5. The van der Waals surface area contributed by atoms with Crippen molar-refractivity contribution in [2.45, 2.75) is 32.6 Å². The molecule has 134 valence electrons. The molecule has 0 bridgehead atoms. The number of piperidine rings is 1. The number of carbonyl (C=O) groups is 1. The van der Waals surface area contributed by atoms with E-state index in [-0.39, 0.29) is 5.91 Å². The van der Waals surface area contributed by atoms with Crippen LogP contribution in [0.1, 0.15) is 48.8 Å². The summed E-state index contributed by atoms with van der Waals surface area (Å²) in [7, 11) is 1.82. The van der Waals surface area contributed by atoms with Gasteiger partial charge in [-0.05, 0) is 36.8 Å². The molecule has 1 saturated heterocycles. The molecule has 3 heterocycles. The lowest BCUT2D eigenvalue weighted by molar-refractivity contribution is 0.0936.